The van der Waals surface area contributed by atoms with Crippen molar-refractivity contribution in [2.24, 2.45) is 0 Å². The molecular weight excluding hydrogens is 409 g/mol. The van der Waals surface area contributed by atoms with Crippen molar-refractivity contribution in [2.75, 3.05) is 24.7 Å². The Labute approximate surface area is 176 Å². The molecule has 0 bridgehead atoms. The van der Waals surface area contributed by atoms with E-state index in [1.54, 1.807) is 23.8 Å². The van der Waals surface area contributed by atoms with Crippen LogP contribution in [0.2, 0.25) is 0 Å². The molecule has 2 aromatic carbocycles. The number of nitrogens with one attached hydrogen (secondary N) is 1. The predicted molar refractivity (Wildman–Crippen MR) is 116 cm³/mol. The Morgan fingerprint density at radius 2 is 1.97 bits per heavy atom. The number of carbonyl (C=O) groups is 1. The van der Waals surface area contributed by atoms with Crippen molar-refractivity contribution in [3.05, 3.63) is 76.0 Å². The van der Waals surface area contributed by atoms with E-state index in [-0.39, 0.29) is 11.7 Å². The standard InChI is InChI=1S/C21H18FN3O2S2/c1-27-18-8-6-16(7-9-18)23-21-24-17(13-29-21)12-19-25(10-11-28-19)20(26)14-2-4-15(22)5-3-14/h2-9,12-13H,10-11H2,1H3,(H,23,24)/b19-12+. The van der Waals surface area contributed by atoms with Crippen molar-refractivity contribution < 1.29 is 13.9 Å². The Balaban J connectivity index is 1.48. The van der Waals surface area contributed by atoms with E-state index < -0.39 is 0 Å². The van der Waals surface area contributed by atoms with Gasteiger partial charge in [0.25, 0.3) is 5.91 Å². The molecule has 29 heavy (non-hydrogen) atoms. The number of amides is 1. The van der Waals surface area contributed by atoms with E-state index in [0.717, 1.165) is 33.0 Å². The third kappa shape index (κ3) is 4.60. The van der Waals surface area contributed by atoms with E-state index in [2.05, 4.69) is 10.3 Å². The molecule has 2 heterocycles. The normalized spacial score (nSPS) is 15.0. The summed E-state index contributed by atoms with van der Waals surface area (Å²) in [6, 6.07) is 13.2. The van der Waals surface area contributed by atoms with Crippen LogP contribution in [0, 0.1) is 5.82 Å². The highest BCUT2D eigenvalue weighted by molar-refractivity contribution is 8.03. The molecule has 1 saturated heterocycles. The minimum Gasteiger partial charge on any atom is -0.497 e. The molecule has 1 aliphatic rings. The van der Waals surface area contributed by atoms with Crippen molar-refractivity contribution in [3.63, 3.8) is 0 Å². The van der Waals surface area contributed by atoms with Crippen LogP contribution in [0.5, 0.6) is 5.75 Å². The number of aromatic nitrogens is 1. The number of thiazole rings is 1. The monoisotopic (exact) mass is 427 g/mol. The van der Waals surface area contributed by atoms with Gasteiger partial charge in [-0.05, 0) is 54.6 Å². The summed E-state index contributed by atoms with van der Waals surface area (Å²) in [6.07, 6.45) is 1.91. The number of ether oxygens (including phenoxy) is 1. The van der Waals surface area contributed by atoms with Crippen LogP contribution in [-0.2, 0) is 0 Å². The van der Waals surface area contributed by atoms with Gasteiger partial charge < -0.3 is 15.0 Å². The number of hydrogen-bond acceptors (Lipinski definition) is 6. The van der Waals surface area contributed by atoms with Crippen LogP contribution in [-0.4, -0.2) is 35.2 Å². The lowest BCUT2D eigenvalue weighted by Crippen LogP contribution is -2.26. The summed E-state index contributed by atoms with van der Waals surface area (Å²) in [6.45, 7) is 0.619. The van der Waals surface area contributed by atoms with Crippen molar-refractivity contribution in [2.45, 2.75) is 0 Å². The fraction of sp³-hybridized carbons (Fsp3) is 0.143. The number of nitrogens with zero attached hydrogens (tertiary/aromatic N) is 2. The second-order valence-corrected chi connectivity index (χ2v) is 8.20. The molecule has 148 valence electrons. The van der Waals surface area contributed by atoms with Gasteiger partial charge in [-0.2, -0.15) is 0 Å². The van der Waals surface area contributed by atoms with Gasteiger partial charge in [0.1, 0.15) is 11.6 Å². The molecule has 1 amide bonds. The maximum atomic E-state index is 13.1. The zero-order valence-corrected chi connectivity index (χ0v) is 17.2. The molecule has 8 heteroatoms. The van der Waals surface area contributed by atoms with Crippen LogP contribution in [0.4, 0.5) is 15.2 Å². The molecule has 0 atom stereocenters. The summed E-state index contributed by atoms with van der Waals surface area (Å²) in [5.74, 6) is 1.13. The molecule has 3 aromatic rings. The zero-order valence-electron chi connectivity index (χ0n) is 15.6. The zero-order chi connectivity index (χ0) is 20.2. The van der Waals surface area contributed by atoms with E-state index >= 15 is 0 Å². The molecule has 0 spiro atoms. The summed E-state index contributed by atoms with van der Waals surface area (Å²) in [5, 5.41) is 6.82. The summed E-state index contributed by atoms with van der Waals surface area (Å²) >= 11 is 3.10. The number of anilines is 2. The Kier molecular flexibility index (Phi) is 5.82. The second-order valence-electron chi connectivity index (χ2n) is 6.23. The maximum Gasteiger partial charge on any atom is 0.258 e. The van der Waals surface area contributed by atoms with Gasteiger partial charge in [-0.15, -0.1) is 23.1 Å². The summed E-state index contributed by atoms with van der Waals surface area (Å²) < 4.78 is 18.3. The van der Waals surface area contributed by atoms with Crippen LogP contribution < -0.4 is 10.1 Å². The average Bonchev–Trinajstić information content (AvgIpc) is 3.38. The summed E-state index contributed by atoms with van der Waals surface area (Å²) in [5.41, 5.74) is 2.18. The minimum atomic E-state index is -0.354. The van der Waals surface area contributed by atoms with Gasteiger partial charge >= 0.3 is 0 Å². The van der Waals surface area contributed by atoms with Crippen molar-refractivity contribution >= 4 is 45.9 Å². The van der Waals surface area contributed by atoms with Gasteiger partial charge in [-0.1, -0.05) is 0 Å². The van der Waals surface area contributed by atoms with Gasteiger partial charge in [0, 0.05) is 28.9 Å². The topological polar surface area (TPSA) is 54.5 Å². The number of thioether (sulfide) groups is 1. The van der Waals surface area contributed by atoms with Gasteiger partial charge in [0.2, 0.25) is 0 Å². The van der Waals surface area contributed by atoms with Crippen molar-refractivity contribution in [3.8, 4) is 5.75 Å². The Bertz CT molecular complexity index is 1030. The fourth-order valence-corrected chi connectivity index (χ4v) is 4.54. The third-order valence-electron chi connectivity index (χ3n) is 4.30. The van der Waals surface area contributed by atoms with Crippen LogP contribution >= 0.6 is 23.1 Å². The number of rotatable bonds is 5. The molecule has 1 fully saturated rings. The van der Waals surface area contributed by atoms with Gasteiger partial charge in [-0.25, -0.2) is 9.37 Å². The highest BCUT2D eigenvalue weighted by atomic mass is 32.2. The molecule has 0 saturated carbocycles. The van der Waals surface area contributed by atoms with Crippen LogP contribution in [0.1, 0.15) is 16.1 Å². The molecule has 0 radical (unpaired) electrons. The number of halogens is 1. The van der Waals surface area contributed by atoms with Crippen LogP contribution in [0.3, 0.4) is 0 Å². The lowest BCUT2D eigenvalue weighted by atomic mass is 10.2. The van der Waals surface area contributed by atoms with Gasteiger partial charge in [0.15, 0.2) is 5.13 Å². The van der Waals surface area contributed by atoms with Crippen molar-refractivity contribution in [1.29, 1.82) is 0 Å². The molecule has 0 unspecified atom stereocenters. The van der Waals surface area contributed by atoms with Crippen LogP contribution in [0.25, 0.3) is 6.08 Å². The van der Waals surface area contributed by atoms with Crippen LogP contribution in [0.15, 0.2) is 58.9 Å². The highest BCUT2D eigenvalue weighted by Crippen LogP contribution is 2.32. The predicted octanol–water partition coefficient (Wildman–Crippen LogP) is 5.22. The van der Waals surface area contributed by atoms with Gasteiger partial charge in [0.05, 0.1) is 17.8 Å². The third-order valence-corrected chi connectivity index (χ3v) is 6.10. The molecule has 4 rings (SSSR count). The number of hydrogen-bond donors (Lipinski definition) is 1. The molecule has 1 N–H and O–H groups in total. The summed E-state index contributed by atoms with van der Waals surface area (Å²) in [7, 11) is 1.63. The highest BCUT2D eigenvalue weighted by Gasteiger charge is 2.25. The van der Waals surface area contributed by atoms with Gasteiger partial charge in [-0.3, -0.25) is 4.79 Å². The van der Waals surface area contributed by atoms with E-state index in [4.69, 9.17) is 4.74 Å². The summed E-state index contributed by atoms with van der Waals surface area (Å²) in [4.78, 5) is 19.1. The lowest BCUT2D eigenvalue weighted by Gasteiger charge is -2.16. The van der Waals surface area contributed by atoms with E-state index in [0.29, 0.717) is 12.1 Å². The smallest absolute Gasteiger partial charge is 0.258 e. The quantitative estimate of drug-likeness (QED) is 0.605. The Morgan fingerprint density at radius 1 is 1.21 bits per heavy atom. The maximum absolute atomic E-state index is 13.1. The molecule has 0 aliphatic carbocycles. The van der Waals surface area contributed by atoms with E-state index in [1.807, 2.05) is 35.7 Å². The molecule has 1 aromatic heterocycles. The minimum absolute atomic E-state index is 0.131. The average molecular weight is 428 g/mol. The number of methoxy groups -OCH3 is 1. The molecule has 5 nitrogen and oxygen atoms in total. The first-order valence-corrected chi connectivity index (χ1v) is 10.8. The SMILES string of the molecule is COc1ccc(Nc2nc(/C=C3/SCCN3C(=O)c3ccc(F)cc3)cs2)cc1. The molecular formula is C21H18FN3O2S2. The van der Waals surface area contributed by atoms with E-state index in [1.165, 1.54) is 35.6 Å². The fourth-order valence-electron chi connectivity index (χ4n) is 2.83. The Hall–Kier alpha value is -2.84. The first-order valence-electron chi connectivity index (χ1n) is 8.91. The largest absolute Gasteiger partial charge is 0.497 e. The first kappa shape index (κ1) is 19.5. The Morgan fingerprint density at radius 3 is 2.69 bits per heavy atom. The first-order chi connectivity index (χ1) is 14.1. The van der Waals surface area contributed by atoms with Crippen molar-refractivity contribution in [1.82, 2.24) is 9.88 Å². The lowest BCUT2D eigenvalue weighted by molar-refractivity contribution is 0.0831. The number of carbonyl (C=O) groups excluding carboxylic acids is 1. The second kappa shape index (κ2) is 8.67. The molecule has 1 aliphatic heterocycles. The number of benzene rings is 2. The van der Waals surface area contributed by atoms with E-state index in [9.17, 15) is 9.18 Å².